The minimum atomic E-state index is -1.12. The summed E-state index contributed by atoms with van der Waals surface area (Å²) in [6, 6.07) is 1.34. The van der Waals surface area contributed by atoms with Gasteiger partial charge in [0.15, 0.2) is 5.13 Å². The fourth-order valence-corrected chi connectivity index (χ4v) is 2.29. The van der Waals surface area contributed by atoms with Gasteiger partial charge in [-0.15, -0.1) is 11.3 Å². The minimum Gasteiger partial charge on any atom is -0.477 e. The number of aromatic carboxylic acids is 1. The molecule has 0 saturated carbocycles. The zero-order valence-electron chi connectivity index (χ0n) is 10.4. The SMILES string of the molecule is Cc1nc(NC(=O)Cn2nccc2C(=O)O)sc1C. The first-order chi connectivity index (χ1) is 8.97. The largest absolute Gasteiger partial charge is 0.477 e. The van der Waals surface area contributed by atoms with Crippen LogP contribution in [0.15, 0.2) is 12.3 Å². The number of hydrogen-bond acceptors (Lipinski definition) is 5. The van der Waals surface area contributed by atoms with Crippen LogP contribution in [0, 0.1) is 13.8 Å². The van der Waals surface area contributed by atoms with E-state index in [0.717, 1.165) is 15.3 Å². The summed E-state index contributed by atoms with van der Waals surface area (Å²) < 4.78 is 1.13. The van der Waals surface area contributed by atoms with Gasteiger partial charge >= 0.3 is 5.97 Å². The van der Waals surface area contributed by atoms with Gasteiger partial charge in [0.1, 0.15) is 12.2 Å². The van der Waals surface area contributed by atoms with Crippen molar-refractivity contribution in [3.05, 3.63) is 28.5 Å². The molecule has 8 heteroatoms. The maximum atomic E-state index is 11.8. The smallest absolute Gasteiger partial charge is 0.354 e. The second-order valence-corrected chi connectivity index (χ2v) is 5.09. The van der Waals surface area contributed by atoms with E-state index in [0.29, 0.717) is 5.13 Å². The molecule has 19 heavy (non-hydrogen) atoms. The number of aryl methyl sites for hydroxylation is 2. The highest BCUT2D eigenvalue weighted by Gasteiger charge is 2.14. The average molecular weight is 280 g/mol. The Hall–Kier alpha value is -2.22. The molecule has 7 nitrogen and oxygen atoms in total. The first-order valence-corrected chi connectivity index (χ1v) is 6.28. The van der Waals surface area contributed by atoms with Crippen LogP contribution in [-0.2, 0) is 11.3 Å². The lowest BCUT2D eigenvalue weighted by Crippen LogP contribution is -2.22. The van der Waals surface area contributed by atoms with E-state index in [1.165, 1.54) is 23.6 Å². The molecule has 0 atom stereocenters. The number of carbonyl (C=O) groups is 2. The number of hydrogen-bond donors (Lipinski definition) is 2. The highest BCUT2D eigenvalue weighted by Crippen LogP contribution is 2.20. The van der Waals surface area contributed by atoms with Crippen molar-refractivity contribution in [3.63, 3.8) is 0 Å². The molecular weight excluding hydrogens is 268 g/mol. The Morgan fingerprint density at radius 2 is 2.21 bits per heavy atom. The van der Waals surface area contributed by atoms with Crippen molar-refractivity contribution in [2.24, 2.45) is 0 Å². The fourth-order valence-electron chi connectivity index (χ4n) is 1.46. The van der Waals surface area contributed by atoms with Crippen LogP contribution in [0.4, 0.5) is 5.13 Å². The predicted molar refractivity (Wildman–Crippen MR) is 69.4 cm³/mol. The molecule has 2 aromatic heterocycles. The van der Waals surface area contributed by atoms with Gasteiger partial charge in [0.05, 0.1) is 5.69 Å². The zero-order valence-corrected chi connectivity index (χ0v) is 11.2. The van der Waals surface area contributed by atoms with Gasteiger partial charge in [0.25, 0.3) is 0 Å². The maximum Gasteiger partial charge on any atom is 0.354 e. The molecule has 0 aliphatic rings. The van der Waals surface area contributed by atoms with Crippen LogP contribution in [0.1, 0.15) is 21.1 Å². The van der Waals surface area contributed by atoms with Crippen molar-refractivity contribution in [2.75, 3.05) is 5.32 Å². The Morgan fingerprint density at radius 1 is 1.47 bits per heavy atom. The summed E-state index contributed by atoms with van der Waals surface area (Å²) in [6.07, 6.45) is 1.34. The van der Waals surface area contributed by atoms with Gasteiger partial charge < -0.3 is 10.4 Å². The molecule has 0 fully saturated rings. The number of carboxylic acid groups (broad SMARTS) is 1. The van der Waals surface area contributed by atoms with Crippen molar-refractivity contribution >= 4 is 28.3 Å². The molecule has 0 bridgehead atoms. The summed E-state index contributed by atoms with van der Waals surface area (Å²) in [5, 5.41) is 15.8. The van der Waals surface area contributed by atoms with Crippen LogP contribution in [0.5, 0.6) is 0 Å². The molecule has 0 radical (unpaired) electrons. The normalized spacial score (nSPS) is 10.4. The molecule has 0 saturated heterocycles. The van der Waals surface area contributed by atoms with Crippen molar-refractivity contribution < 1.29 is 14.7 Å². The molecule has 0 unspecified atom stereocenters. The molecule has 2 heterocycles. The lowest BCUT2D eigenvalue weighted by atomic mass is 10.4. The molecule has 2 aromatic rings. The predicted octanol–water partition coefficient (Wildman–Crippen LogP) is 1.29. The third-order valence-corrected chi connectivity index (χ3v) is 3.49. The van der Waals surface area contributed by atoms with Crippen LogP contribution >= 0.6 is 11.3 Å². The molecule has 2 rings (SSSR count). The Labute approximate surface area is 112 Å². The van der Waals surface area contributed by atoms with E-state index in [9.17, 15) is 9.59 Å². The standard InChI is InChI=1S/C11H12N4O3S/c1-6-7(2)19-11(13-6)14-9(16)5-15-8(10(17)18)3-4-12-15/h3-4H,5H2,1-2H3,(H,17,18)(H,13,14,16). The molecule has 0 spiro atoms. The number of nitrogens with zero attached hydrogens (tertiary/aromatic N) is 3. The third-order valence-electron chi connectivity index (χ3n) is 2.50. The highest BCUT2D eigenvalue weighted by atomic mass is 32.1. The van der Waals surface area contributed by atoms with Gasteiger partial charge in [-0.05, 0) is 19.9 Å². The van der Waals surface area contributed by atoms with Crippen molar-refractivity contribution in [3.8, 4) is 0 Å². The number of nitrogens with one attached hydrogen (secondary N) is 1. The van der Waals surface area contributed by atoms with Gasteiger partial charge in [-0.3, -0.25) is 4.79 Å². The number of thiazole rings is 1. The maximum absolute atomic E-state index is 11.8. The van der Waals surface area contributed by atoms with E-state index in [2.05, 4.69) is 15.4 Å². The van der Waals surface area contributed by atoms with E-state index in [1.807, 2.05) is 13.8 Å². The van der Waals surface area contributed by atoms with E-state index in [4.69, 9.17) is 5.11 Å². The number of aromatic nitrogens is 3. The molecule has 0 aliphatic heterocycles. The summed E-state index contributed by atoms with van der Waals surface area (Å²) in [5.74, 6) is -1.48. The first kappa shape index (κ1) is 13.2. The summed E-state index contributed by atoms with van der Waals surface area (Å²) >= 11 is 1.38. The van der Waals surface area contributed by atoms with Gasteiger partial charge in [0, 0.05) is 11.1 Å². The minimum absolute atomic E-state index is 0.0263. The zero-order chi connectivity index (χ0) is 14.0. The lowest BCUT2D eigenvalue weighted by molar-refractivity contribution is -0.116. The number of carboxylic acids is 1. The van der Waals surface area contributed by atoms with Gasteiger partial charge in [-0.25, -0.2) is 14.5 Å². The van der Waals surface area contributed by atoms with Gasteiger partial charge in [-0.1, -0.05) is 0 Å². The fraction of sp³-hybridized carbons (Fsp3) is 0.273. The second-order valence-electron chi connectivity index (χ2n) is 3.89. The van der Waals surface area contributed by atoms with E-state index >= 15 is 0 Å². The van der Waals surface area contributed by atoms with Crippen molar-refractivity contribution in [2.45, 2.75) is 20.4 Å². The molecule has 0 aromatic carbocycles. The van der Waals surface area contributed by atoms with Crippen LogP contribution in [0.25, 0.3) is 0 Å². The molecule has 0 aliphatic carbocycles. The van der Waals surface area contributed by atoms with Crippen molar-refractivity contribution in [1.29, 1.82) is 0 Å². The summed E-state index contributed by atoms with van der Waals surface area (Å²) in [7, 11) is 0. The molecule has 2 N–H and O–H groups in total. The van der Waals surface area contributed by atoms with Crippen LogP contribution in [-0.4, -0.2) is 31.7 Å². The first-order valence-electron chi connectivity index (χ1n) is 5.46. The summed E-state index contributed by atoms with van der Waals surface area (Å²) in [4.78, 5) is 27.9. The van der Waals surface area contributed by atoms with Crippen molar-refractivity contribution in [1.82, 2.24) is 14.8 Å². The third kappa shape index (κ3) is 2.97. The number of carbonyl (C=O) groups excluding carboxylic acids is 1. The average Bonchev–Trinajstić information content (AvgIpc) is 2.87. The Balaban J connectivity index is 2.05. The van der Waals surface area contributed by atoms with Crippen LogP contribution < -0.4 is 5.32 Å². The topological polar surface area (TPSA) is 97.1 Å². The molecule has 1 amide bonds. The summed E-state index contributed by atoms with van der Waals surface area (Å²) in [6.45, 7) is 3.61. The van der Waals surface area contributed by atoms with Gasteiger partial charge in [0.2, 0.25) is 5.91 Å². The Kier molecular flexibility index (Phi) is 3.61. The van der Waals surface area contributed by atoms with Gasteiger partial charge in [-0.2, -0.15) is 5.10 Å². The van der Waals surface area contributed by atoms with E-state index < -0.39 is 5.97 Å². The number of anilines is 1. The molecule has 100 valence electrons. The lowest BCUT2D eigenvalue weighted by Gasteiger charge is -2.04. The number of amides is 1. The Bertz CT molecular complexity index is 612. The monoisotopic (exact) mass is 280 g/mol. The quantitative estimate of drug-likeness (QED) is 0.879. The second kappa shape index (κ2) is 5.19. The Morgan fingerprint density at radius 3 is 2.79 bits per heavy atom. The van der Waals surface area contributed by atoms with Crippen LogP contribution in [0.2, 0.25) is 0 Å². The highest BCUT2D eigenvalue weighted by molar-refractivity contribution is 7.15. The van der Waals surface area contributed by atoms with E-state index in [1.54, 1.807) is 0 Å². The molecular formula is C11H12N4O3S. The number of rotatable bonds is 4. The van der Waals surface area contributed by atoms with E-state index in [-0.39, 0.29) is 18.1 Å². The summed E-state index contributed by atoms with van der Waals surface area (Å²) in [5.41, 5.74) is 0.840. The van der Waals surface area contributed by atoms with Crippen LogP contribution in [0.3, 0.4) is 0 Å².